The van der Waals surface area contributed by atoms with Gasteiger partial charge in [0.25, 0.3) is 0 Å². The van der Waals surface area contributed by atoms with Gasteiger partial charge >= 0.3 is 0 Å². The third-order valence-corrected chi connectivity index (χ3v) is 6.92. The zero-order valence-electron chi connectivity index (χ0n) is 21.3. The number of morpholine rings is 1. The fourth-order valence-electron chi connectivity index (χ4n) is 5.04. The number of hydrogen-bond acceptors (Lipinski definition) is 7. The molecule has 1 aromatic heterocycles. The summed E-state index contributed by atoms with van der Waals surface area (Å²) < 4.78 is 17.6. The summed E-state index contributed by atoms with van der Waals surface area (Å²) >= 11 is 0. The van der Waals surface area contributed by atoms with E-state index in [0.717, 1.165) is 87.3 Å². The maximum atomic E-state index is 6.21. The van der Waals surface area contributed by atoms with Gasteiger partial charge in [0.1, 0.15) is 11.4 Å². The van der Waals surface area contributed by atoms with Gasteiger partial charge in [-0.3, -0.25) is 4.90 Å². The number of fused-ring (bicyclic) bond motifs is 1. The number of anilines is 2. The Labute approximate surface area is 209 Å². The molecule has 0 amide bonds. The minimum Gasteiger partial charge on any atom is -0.490 e. The topological polar surface area (TPSA) is 59.1 Å². The van der Waals surface area contributed by atoms with Crippen molar-refractivity contribution in [2.24, 2.45) is 0 Å². The normalized spacial score (nSPS) is 20.3. The van der Waals surface area contributed by atoms with Crippen molar-refractivity contribution in [2.45, 2.75) is 51.8 Å². The van der Waals surface area contributed by atoms with E-state index in [-0.39, 0.29) is 5.60 Å². The SMILES string of the molecule is CCOc1cc(CN2CCC(Nc3ccc(N4CCOCC4)nc3)CC2)cc2c1OC(C)(C)C=C2. The van der Waals surface area contributed by atoms with E-state index in [1.54, 1.807) is 0 Å². The summed E-state index contributed by atoms with van der Waals surface area (Å²) in [4.78, 5) is 9.49. The molecular weight excluding hydrogens is 440 g/mol. The second-order valence-electron chi connectivity index (χ2n) is 10.2. The average molecular weight is 479 g/mol. The number of benzene rings is 1. The highest BCUT2D eigenvalue weighted by Gasteiger charge is 2.26. The van der Waals surface area contributed by atoms with Crippen LogP contribution in [0.5, 0.6) is 11.5 Å². The molecule has 4 heterocycles. The highest BCUT2D eigenvalue weighted by atomic mass is 16.5. The zero-order valence-corrected chi connectivity index (χ0v) is 21.3. The smallest absolute Gasteiger partial charge is 0.169 e. The van der Waals surface area contributed by atoms with Crippen molar-refractivity contribution in [3.05, 3.63) is 47.7 Å². The van der Waals surface area contributed by atoms with E-state index < -0.39 is 0 Å². The molecule has 2 aromatic rings. The molecule has 0 saturated carbocycles. The van der Waals surface area contributed by atoms with Crippen LogP contribution >= 0.6 is 0 Å². The van der Waals surface area contributed by atoms with Crippen LogP contribution in [0.15, 0.2) is 36.5 Å². The van der Waals surface area contributed by atoms with Crippen LogP contribution in [0.1, 0.15) is 44.7 Å². The lowest BCUT2D eigenvalue weighted by Gasteiger charge is -2.34. The molecule has 35 heavy (non-hydrogen) atoms. The Balaban J connectivity index is 1.16. The number of aromatic nitrogens is 1. The second-order valence-corrected chi connectivity index (χ2v) is 10.2. The lowest BCUT2D eigenvalue weighted by molar-refractivity contribution is 0.122. The van der Waals surface area contributed by atoms with Gasteiger partial charge in [0.05, 0.1) is 31.7 Å². The number of ether oxygens (including phenoxy) is 3. The van der Waals surface area contributed by atoms with Crippen LogP contribution in [0.4, 0.5) is 11.5 Å². The lowest BCUT2D eigenvalue weighted by Crippen LogP contribution is -2.38. The van der Waals surface area contributed by atoms with Crippen LogP contribution in [0.2, 0.25) is 0 Å². The summed E-state index contributed by atoms with van der Waals surface area (Å²) in [6.45, 7) is 13.2. The van der Waals surface area contributed by atoms with Crippen LogP contribution in [-0.4, -0.2) is 67.5 Å². The number of rotatable bonds is 7. The third-order valence-electron chi connectivity index (χ3n) is 6.92. The van der Waals surface area contributed by atoms with E-state index in [9.17, 15) is 0 Å². The maximum absolute atomic E-state index is 6.21. The van der Waals surface area contributed by atoms with Gasteiger partial charge < -0.3 is 24.4 Å². The summed E-state index contributed by atoms with van der Waals surface area (Å²) in [6, 6.07) is 9.15. The molecule has 0 radical (unpaired) electrons. The van der Waals surface area contributed by atoms with E-state index in [1.165, 1.54) is 5.56 Å². The minimum atomic E-state index is -0.312. The quantitative estimate of drug-likeness (QED) is 0.625. The number of hydrogen-bond donors (Lipinski definition) is 1. The molecule has 0 bridgehead atoms. The van der Waals surface area contributed by atoms with E-state index in [4.69, 9.17) is 14.2 Å². The fourth-order valence-corrected chi connectivity index (χ4v) is 5.04. The highest BCUT2D eigenvalue weighted by molar-refractivity contribution is 5.66. The van der Waals surface area contributed by atoms with E-state index in [1.807, 2.05) is 13.1 Å². The average Bonchev–Trinajstić information content (AvgIpc) is 2.87. The molecular formula is C28H38N4O3. The predicted octanol–water partition coefficient (Wildman–Crippen LogP) is 4.58. The van der Waals surface area contributed by atoms with Gasteiger partial charge in [0.15, 0.2) is 11.5 Å². The standard InChI is InChI=1S/C28H38N4O3/c1-4-34-25-18-21(17-22-7-10-28(2,3)35-27(22)25)20-31-11-8-23(9-12-31)30-24-5-6-26(29-19-24)32-13-15-33-16-14-32/h5-7,10,17-19,23,30H,4,8-9,11-16,20H2,1-3H3. The molecule has 7 heteroatoms. The molecule has 0 aliphatic carbocycles. The Hall–Kier alpha value is -2.77. The Morgan fingerprint density at radius 3 is 2.63 bits per heavy atom. The summed E-state index contributed by atoms with van der Waals surface area (Å²) in [7, 11) is 0. The van der Waals surface area contributed by atoms with Gasteiger partial charge in [0.2, 0.25) is 0 Å². The summed E-state index contributed by atoms with van der Waals surface area (Å²) in [5, 5.41) is 3.69. The van der Waals surface area contributed by atoms with E-state index in [2.05, 4.69) is 70.4 Å². The molecule has 0 unspecified atom stereocenters. The fraction of sp³-hybridized carbons (Fsp3) is 0.536. The van der Waals surface area contributed by atoms with Crippen LogP contribution in [-0.2, 0) is 11.3 Å². The number of nitrogens with one attached hydrogen (secondary N) is 1. The molecule has 7 nitrogen and oxygen atoms in total. The molecule has 0 spiro atoms. The van der Waals surface area contributed by atoms with Gasteiger partial charge in [-0.1, -0.05) is 6.08 Å². The molecule has 2 fully saturated rings. The van der Waals surface area contributed by atoms with Gasteiger partial charge in [-0.05, 0) is 69.5 Å². The largest absolute Gasteiger partial charge is 0.490 e. The molecule has 3 aliphatic rings. The van der Waals surface area contributed by atoms with E-state index in [0.29, 0.717) is 12.6 Å². The van der Waals surface area contributed by atoms with Crippen LogP contribution in [0.3, 0.4) is 0 Å². The Morgan fingerprint density at radius 1 is 1.11 bits per heavy atom. The van der Waals surface area contributed by atoms with Gasteiger partial charge in [-0.25, -0.2) is 4.98 Å². The number of nitrogens with zero attached hydrogens (tertiary/aromatic N) is 3. The monoisotopic (exact) mass is 478 g/mol. The molecule has 1 N–H and O–H groups in total. The Kier molecular flexibility index (Phi) is 7.16. The summed E-state index contributed by atoms with van der Waals surface area (Å²) in [5.74, 6) is 2.75. The van der Waals surface area contributed by atoms with E-state index >= 15 is 0 Å². The van der Waals surface area contributed by atoms with Crippen molar-refractivity contribution >= 4 is 17.6 Å². The first-order chi connectivity index (χ1) is 17.0. The van der Waals surface area contributed by atoms with Crippen molar-refractivity contribution in [2.75, 3.05) is 56.2 Å². The molecule has 1 aromatic carbocycles. The summed E-state index contributed by atoms with van der Waals surface area (Å²) in [6.07, 6.45) is 8.49. The van der Waals surface area contributed by atoms with Crippen LogP contribution in [0, 0.1) is 0 Å². The van der Waals surface area contributed by atoms with Gasteiger partial charge in [0, 0.05) is 44.3 Å². The molecule has 2 saturated heterocycles. The van der Waals surface area contributed by atoms with Gasteiger partial charge in [-0.15, -0.1) is 0 Å². The van der Waals surface area contributed by atoms with Crippen LogP contribution < -0.4 is 19.7 Å². The third kappa shape index (κ3) is 5.90. The lowest BCUT2D eigenvalue weighted by atomic mass is 9.99. The molecule has 3 aliphatic heterocycles. The first kappa shape index (κ1) is 23.9. The number of pyridine rings is 1. The Bertz CT molecular complexity index is 1020. The second kappa shape index (κ2) is 10.5. The van der Waals surface area contributed by atoms with Crippen molar-refractivity contribution in [1.82, 2.24) is 9.88 Å². The zero-order chi connectivity index (χ0) is 24.3. The summed E-state index contributed by atoms with van der Waals surface area (Å²) in [5.41, 5.74) is 3.17. The number of piperidine rings is 1. The molecule has 0 atom stereocenters. The first-order valence-electron chi connectivity index (χ1n) is 12.9. The van der Waals surface area contributed by atoms with Crippen molar-refractivity contribution < 1.29 is 14.2 Å². The van der Waals surface area contributed by atoms with Crippen molar-refractivity contribution in [3.8, 4) is 11.5 Å². The number of likely N-dealkylation sites (tertiary alicyclic amines) is 1. The maximum Gasteiger partial charge on any atom is 0.169 e. The van der Waals surface area contributed by atoms with Gasteiger partial charge in [-0.2, -0.15) is 0 Å². The predicted molar refractivity (Wildman–Crippen MR) is 141 cm³/mol. The van der Waals surface area contributed by atoms with Crippen molar-refractivity contribution in [3.63, 3.8) is 0 Å². The van der Waals surface area contributed by atoms with Crippen LogP contribution in [0.25, 0.3) is 6.08 Å². The first-order valence-corrected chi connectivity index (χ1v) is 12.9. The molecule has 188 valence electrons. The molecule has 5 rings (SSSR count). The minimum absolute atomic E-state index is 0.312. The highest BCUT2D eigenvalue weighted by Crippen LogP contribution is 2.40. The van der Waals surface area contributed by atoms with Crippen molar-refractivity contribution in [1.29, 1.82) is 0 Å². The Morgan fingerprint density at radius 2 is 1.91 bits per heavy atom.